The summed E-state index contributed by atoms with van der Waals surface area (Å²) in [5.74, 6) is 0.188. The summed E-state index contributed by atoms with van der Waals surface area (Å²) < 4.78 is 81.3. The third-order valence-electron chi connectivity index (χ3n) is 8.23. The predicted molar refractivity (Wildman–Crippen MR) is 150 cm³/mol. The molecule has 0 amide bonds. The molecular weight excluding hydrogens is 540 g/mol. The van der Waals surface area contributed by atoms with E-state index in [0.29, 0.717) is 23.9 Å². The van der Waals surface area contributed by atoms with Gasteiger partial charge in [0.1, 0.15) is 5.82 Å². The van der Waals surface area contributed by atoms with Gasteiger partial charge in [-0.1, -0.05) is 49.4 Å². The molecule has 4 rings (SSSR count). The lowest BCUT2D eigenvalue weighted by atomic mass is 9.82. The monoisotopic (exact) mass is 576 g/mol. The van der Waals surface area contributed by atoms with Crippen LogP contribution in [0.3, 0.4) is 0 Å². The molecule has 4 nitrogen and oxygen atoms in total. The van der Waals surface area contributed by atoms with Crippen molar-refractivity contribution in [3.8, 4) is 11.1 Å². The number of halogens is 4. The van der Waals surface area contributed by atoms with Crippen molar-refractivity contribution in [2.75, 3.05) is 26.2 Å². The molecule has 2 atom stereocenters. The molecule has 0 aliphatic carbocycles. The van der Waals surface area contributed by atoms with Crippen LogP contribution >= 0.6 is 0 Å². The van der Waals surface area contributed by atoms with Crippen molar-refractivity contribution >= 4 is 10.0 Å². The molecule has 1 heterocycles. The van der Waals surface area contributed by atoms with Crippen molar-refractivity contribution in [2.24, 2.45) is 0 Å². The van der Waals surface area contributed by atoms with Crippen LogP contribution in [-0.2, 0) is 16.2 Å². The van der Waals surface area contributed by atoms with Crippen LogP contribution in [0.15, 0.2) is 65.6 Å². The normalized spacial score (nSPS) is 18.2. The second kappa shape index (κ2) is 12.0. The highest BCUT2D eigenvalue weighted by molar-refractivity contribution is 7.89. The van der Waals surface area contributed by atoms with E-state index in [1.165, 1.54) is 23.8 Å². The van der Waals surface area contributed by atoms with Crippen LogP contribution in [-0.4, -0.2) is 49.8 Å². The molecule has 9 heteroatoms. The molecule has 1 saturated heterocycles. The molecule has 0 bridgehead atoms. The van der Waals surface area contributed by atoms with E-state index in [1.54, 1.807) is 13.8 Å². The summed E-state index contributed by atoms with van der Waals surface area (Å²) in [6.07, 6.45) is -3.45. The molecule has 0 aromatic heterocycles. The van der Waals surface area contributed by atoms with Gasteiger partial charge in [-0.15, -0.1) is 0 Å². The third kappa shape index (κ3) is 6.11. The van der Waals surface area contributed by atoms with Gasteiger partial charge in [-0.25, -0.2) is 12.8 Å². The summed E-state index contributed by atoms with van der Waals surface area (Å²) in [7, 11) is -4.26. The van der Waals surface area contributed by atoms with Crippen molar-refractivity contribution < 1.29 is 26.0 Å². The van der Waals surface area contributed by atoms with Gasteiger partial charge in [-0.2, -0.15) is 17.5 Å². The smallest absolute Gasteiger partial charge is 0.299 e. The number of unbranched alkanes of at least 4 members (excludes halogenated alkanes) is 1. The topological polar surface area (TPSA) is 40.6 Å². The second-order valence-electron chi connectivity index (χ2n) is 10.5. The zero-order chi connectivity index (χ0) is 29.2. The molecule has 3 aromatic carbocycles. The minimum Gasteiger partial charge on any atom is -0.299 e. The van der Waals surface area contributed by atoms with Gasteiger partial charge < -0.3 is 0 Å². The SMILES string of the molecule is CCN(CCCCN1CC(c2ccc(-c3ccc(F)c(C)c3C)cc2)C1C)S(=O)(=O)c1ccccc1C(F)(F)F. The van der Waals surface area contributed by atoms with Crippen molar-refractivity contribution in [3.63, 3.8) is 0 Å². The van der Waals surface area contributed by atoms with Crippen LogP contribution in [0.5, 0.6) is 0 Å². The van der Waals surface area contributed by atoms with E-state index in [4.69, 9.17) is 0 Å². The lowest BCUT2D eigenvalue weighted by molar-refractivity contribution is -0.139. The lowest BCUT2D eigenvalue weighted by Gasteiger charge is -2.47. The third-order valence-corrected chi connectivity index (χ3v) is 10.3. The Morgan fingerprint density at radius 3 is 2.25 bits per heavy atom. The molecule has 1 aliphatic rings. The Morgan fingerprint density at radius 1 is 0.950 bits per heavy atom. The summed E-state index contributed by atoms with van der Waals surface area (Å²) in [6.45, 7) is 9.49. The summed E-state index contributed by atoms with van der Waals surface area (Å²) in [4.78, 5) is 1.65. The van der Waals surface area contributed by atoms with Gasteiger partial charge in [0.25, 0.3) is 0 Å². The number of hydrogen-bond donors (Lipinski definition) is 0. The average molecular weight is 577 g/mol. The van der Waals surface area contributed by atoms with Crippen molar-refractivity contribution in [3.05, 3.63) is 88.7 Å². The predicted octanol–water partition coefficient (Wildman–Crippen LogP) is 7.41. The van der Waals surface area contributed by atoms with Crippen LogP contribution in [0.1, 0.15) is 54.9 Å². The Hall–Kier alpha value is -2.75. The fourth-order valence-corrected chi connectivity index (χ4v) is 7.19. The zero-order valence-corrected chi connectivity index (χ0v) is 24.1. The van der Waals surface area contributed by atoms with Crippen molar-refractivity contribution in [2.45, 2.75) is 63.6 Å². The van der Waals surface area contributed by atoms with E-state index in [2.05, 4.69) is 36.1 Å². The van der Waals surface area contributed by atoms with Crippen LogP contribution in [0, 0.1) is 19.7 Å². The first-order valence-corrected chi connectivity index (χ1v) is 15.1. The van der Waals surface area contributed by atoms with E-state index in [9.17, 15) is 26.0 Å². The van der Waals surface area contributed by atoms with Crippen molar-refractivity contribution in [1.82, 2.24) is 9.21 Å². The lowest BCUT2D eigenvalue weighted by Crippen LogP contribution is -2.53. The average Bonchev–Trinajstić information content (AvgIpc) is 2.92. The standard InChI is InChI=1S/C31H36F4N2O2S/c1-5-37(40(38,39)30-11-7-6-10-28(30)31(33,34)35)19-9-8-18-36-20-27(23(36)4)25-14-12-24(13-15-25)26-16-17-29(32)22(3)21(26)2/h6-7,10-17,23,27H,5,8-9,18-20H2,1-4H3. The molecule has 0 radical (unpaired) electrons. The van der Waals surface area contributed by atoms with Gasteiger partial charge in [-0.05, 0) is 86.2 Å². The minimum absolute atomic E-state index is 0.101. The molecule has 0 saturated carbocycles. The molecule has 1 aliphatic heterocycles. The second-order valence-corrected chi connectivity index (χ2v) is 12.4. The van der Waals surface area contributed by atoms with Gasteiger partial charge in [0.15, 0.2) is 0 Å². The molecule has 0 N–H and O–H groups in total. The Bertz CT molecular complexity index is 1440. The molecule has 216 valence electrons. The van der Waals surface area contributed by atoms with Gasteiger partial charge in [0.2, 0.25) is 10.0 Å². The van der Waals surface area contributed by atoms with Gasteiger partial charge >= 0.3 is 6.18 Å². The summed E-state index contributed by atoms with van der Waals surface area (Å²) >= 11 is 0. The van der Waals surface area contributed by atoms with Gasteiger partial charge in [0.05, 0.1) is 10.5 Å². The quantitative estimate of drug-likeness (QED) is 0.186. The fourth-order valence-electron chi connectivity index (χ4n) is 5.49. The first kappa shape index (κ1) is 30.2. The summed E-state index contributed by atoms with van der Waals surface area (Å²) in [5, 5.41) is 0. The van der Waals surface area contributed by atoms with Gasteiger partial charge in [-0.3, -0.25) is 4.90 Å². The maximum absolute atomic E-state index is 13.9. The zero-order valence-electron chi connectivity index (χ0n) is 23.3. The minimum atomic E-state index is -4.74. The first-order valence-electron chi connectivity index (χ1n) is 13.6. The Kier molecular flexibility index (Phi) is 9.07. The molecule has 0 spiro atoms. The molecular formula is C31H36F4N2O2S. The number of alkyl halides is 3. The van der Waals surface area contributed by atoms with Crippen molar-refractivity contribution in [1.29, 1.82) is 0 Å². The number of benzene rings is 3. The first-order chi connectivity index (χ1) is 18.9. The summed E-state index contributed by atoms with van der Waals surface area (Å²) in [5.41, 5.74) is 3.80. The van der Waals surface area contributed by atoms with E-state index < -0.39 is 26.7 Å². The highest BCUT2D eigenvalue weighted by atomic mass is 32.2. The number of nitrogens with zero attached hydrogens (tertiary/aromatic N) is 2. The maximum Gasteiger partial charge on any atom is 0.417 e. The van der Waals surface area contributed by atoms with Crippen LogP contribution in [0.4, 0.5) is 17.6 Å². The van der Waals surface area contributed by atoms with E-state index >= 15 is 0 Å². The summed E-state index contributed by atoms with van der Waals surface area (Å²) in [6, 6.07) is 16.4. The highest BCUT2D eigenvalue weighted by Gasteiger charge is 2.39. The molecule has 2 unspecified atom stereocenters. The largest absolute Gasteiger partial charge is 0.417 e. The maximum atomic E-state index is 13.9. The number of sulfonamides is 1. The molecule has 40 heavy (non-hydrogen) atoms. The van der Waals surface area contributed by atoms with Crippen LogP contribution in [0.2, 0.25) is 0 Å². The molecule has 1 fully saturated rings. The molecule has 3 aromatic rings. The highest BCUT2D eigenvalue weighted by Crippen LogP contribution is 2.37. The Balaban J connectivity index is 1.30. The van der Waals surface area contributed by atoms with E-state index in [1.807, 2.05) is 13.0 Å². The number of likely N-dealkylation sites (tertiary alicyclic amines) is 1. The van der Waals surface area contributed by atoms with E-state index in [0.717, 1.165) is 52.6 Å². The van der Waals surface area contributed by atoms with Gasteiger partial charge in [0, 0.05) is 31.6 Å². The van der Waals surface area contributed by atoms with E-state index in [-0.39, 0.29) is 18.9 Å². The Morgan fingerprint density at radius 2 is 1.62 bits per heavy atom. The fraction of sp³-hybridized carbons (Fsp3) is 0.419. The number of rotatable bonds is 10. The number of hydrogen-bond acceptors (Lipinski definition) is 3. The Labute approximate surface area is 234 Å². The van der Waals surface area contributed by atoms with Crippen LogP contribution in [0.25, 0.3) is 11.1 Å². The van der Waals surface area contributed by atoms with Crippen LogP contribution < -0.4 is 0 Å².